The van der Waals surface area contributed by atoms with Crippen LogP contribution in [0, 0.1) is 0 Å². The molecule has 0 aliphatic rings. The SMILES string of the molecule is CCNC(=NCCn1cccc1)NCCOc1ccccc1Cl. The summed E-state index contributed by atoms with van der Waals surface area (Å²) in [4.78, 5) is 4.54. The zero-order valence-electron chi connectivity index (χ0n) is 13.3. The molecule has 0 spiro atoms. The lowest BCUT2D eigenvalue weighted by Crippen LogP contribution is -2.39. The molecule has 0 aliphatic carbocycles. The molecule has 2 rings (SSSR count). The van der Waals surface area contributed by atoms with Gasteiger partial charge in [0, 0.05) is 25.5 Å². The highest BCUT2D eigenvalue weighted by Crippen LogP contribution is 2.22. The van der Waals surface area contributed by atoms with Crippen molar-refractivity contribution in [3.05, 3.63) is 53.8 Å². The average Bonchev–Trinajstić information content (AvgIpc) is 3.06. The maximum atomic E-state index is 6.05. The van der Waals surface area contributed by atoms with E-state index in [9.17, 15) is 0 Å². The van der Waals surface area contributed by atoms with Crippen molar-refractivity contribution in [1.82, 2.24) is 15.2 Å². The first-order chi connectivity index (χ1) is 11.3. The van der Waals surface area contributed by atoms with E-state index < -0.39 is 0 Å². The van der Waals surface area contributed by atoms with Crippen molar-refractivity contribution >= 4 is 17.6 Å². The molecule has 0 atom stereocenters. The number of ether oxygens (including phenoxy) is 1. The number of nitrogens with one attached hydrogen (secondary N) is 2. The van der Waals surface area contributed by atoms with Crippen LogP contribution >= 0.6 is 11.6 Å². The van der Waals surface area contributed by atoms with Crippen LogP contribution in [0.2, 0.25) is 5.02 Å². The third kappa shape index (κ3) is 6.24. The summed E-state index contributed by atoms with van der Waals surface area (Å²) in [5, 5.41) is 7.10. The number of hydrogen-bond donors (Lipinski definition) is 2. The van der Waals surface area contributed by atoms with Crippen LogP contribution in [0.4, 0.5) is 0 Å². The van der Waals surface area contributed by atoms with Gasteiger partial charge in [0.05, 0.1) is 18.1 Å². The molecular formula is C17H23ClN4O. The second kappa shape index (κ2) is 9.79. The summed E-state index contributed by atoms with van der Waals surface area (Å²) in [7, 11) is 0. The molecule has 2 N–H and O–H groups in total. The molecule has 0 fully saturated rings. The number of hydrogen-bond acceptors (Lipinski definition) is 2. The van der Waals surface area contributed by atoms with E-state index >= 15 is 0 Å². The fraction of sp³-hybridized carbons (Fsp3) is 0.353. The maximum absolute atomic E-state index is 6.05. The topological polar surface area (TPSA) is 50.6 Å². The summed E-state index contributed by atoms with van der Waals surface area (Å²) in [6.45, 7) is 5.62. The highest BCUT2D eigenvalue weighted by atomic mass is 35.5. The Labute approximate surface area is 142 Å². The Kier molecular flexibility index (Phi) is 7.33. The van der Waals surface area contributed by atoms with E-state index in [1.165, 1.54) is 0 Å². The first kappa shape index (κ1) is 17.2. The number of para-hydroxylation sites is 1. The molecule has 0 amide bonds. The molecule has 5 nitrogen and oxygen atoms in total. The lowest BCUT2D eigenvalue weighted by molar-refractivity contribution is 0.322. The summed E-state index contributed by atoms with van der Waals surface area (Å²) < 4.78 is 7.75. The first-order valence-electron chi connectivity index (χ1n) is 7.80. The summed E-state index contributed by atoms with van der Waals surface area (Å²) in [5.74, 6) is 1.49. The molecular weight excluding hydrogens is 312 g/mol. The van der Waals surface area contributed by atoms with Crippen molar-refractivity contribution in [2.75, 3.05) is 26.2 Å². The fourth-order valence-corrected chi connectivity index (χ4v) is 2.22. The predicted octanol–water partition coefficient (Wildman–Crippen LogP) is 2.78. The summed E-state index contributed by atoms with van der Waals surface area (Å²) in [6.07, 6.45) is 4.07. The highest BCUT2D eigenvalue weighted by molar-refractivity contribution is 6.32. The van der Waals surface area contributed by atoms with Crippen LogP contribution in [0.15, 0.2) is 53.8 Å². The Morgan fingerprint density at radius 3 is 2.70 bits per heavy atom. The monoisotopic (exact) mass is 334 g/mol. The number of aliphatic imine (C=N–C) groups is 1. The molecule has 1 heterocycles. The molecule has 0 aliphatic heterocycles. The lowest BCUT2D eigenvalue weighted by Gasteiger charge is -2.12. The largest absolute Gasteiger partial charge is 0.490 e. The minimum absolute atomic E-state index is 0.520. The molecule has 6 heteroatoms. The Bertz CT molecular complexity index is 598. The molecule has 1 aromatic heterocycles. The van der Waals surface area contributed by atoms with Gasteiger partial charge in [-0.15, -0.1) is 0 Å². The van der Waals surface area contributed by atoms with Crippen LogP contribution in [0.25, 0.3) is 0 Å². The van der Waals surface area contributed by atoms with Gasteiger partial charge >= 0.3 is 0 Å². The van der Waals surface area contributed by atoms with Crippen molar-refractivity contribution in [2.45, 2.75) is 13.5 Å². The second-order valence-corrected chi connectivity index (χ2v) is 5.29. The smallest absolute Gasteiger partial charge is 0.191 e. The quantitative estimate of drug-likeness (QED) is 0.443. The number of rotatable bonds is 8. The van der Waals surface area contributed by atoms with E-state index in [0.717, 1.165) is 25.6 Å². The highest BCUT2D eigenvalue weighted by Gasteiger charge is 2.00. The lowest BCUT2D eigenvalue weighted by atomic mass is 10.3. The zero-order chi connectivity index (χ0) is 16.3. The van der Waals surface area contributed by atoms with Crippen molar-refractivity contribution in [3.63, 3.8) is 0 Å². The molecule has 124 valence electrons. The fourth-order valence-electron chi connectivity index (χ4n) is 2.03. The van der Waals surface area contributed by atoms with Gasteiger partial charge in [-0.1, -0.05) is 23.7 Å². The summed E-state index contributed by atoms with van der Waals surface area (Å²) in [6, 6.07) is 11.5. The standard InChI is InChI=1S/C17H23ClN4O/c1-2-19-17(20-9-13-22-11-5-6-12-22)21-10-14-23-16-8-4-3-7-15(16)18/h3-8,11-12H,2,9-10,13-14H2,1H3,(H2,19,20,21). The minimum Gasteiger partial charge on any atom is -0.490 e. The Hall–Kier alpha value is -2.14. The minimum atomic E-state index is 0.520. The number of aromatic nitrogens is 1. The van der Waals surface area contributed by atoms with Gasteiger partial charge in [-0.2, -0.15) is 0 Å². The second-order valence-electron chi connectivity index (χ2n) is 4.89. The van der Waals surface area contributed by atoms with Crippen LogP contribution in [-0.2, 0) is 6.54 Å². The third-order valence-corrected chi connectivity index (χ3v) is 3.44. The van der Waals surface area contributed by atoms with E-state index in [-0.39, 0.29) is 0 Å². The van der Waals surface area contributed by atoms with Gasteiger partial charge in [0.2, 0.25) is 0 Å². The predicted molar refractivity (Wildman–Crippen MR) is 95.4 cm³/mol. The number of benzene rings is 1. The number of halogens is 1. The molecule has 2 aromatic rings. The van der Waals surface area contributed by atoms with Crippen LogP contribution in [-0.4, -0.2) is 36.8 Å². The van der Waals surface area contributed by atoms with Gasteiger partial charge in [0.25, 0.3) is 0 Å². The van der Waals surface area contributed by atoms with E-state index in [0.29, 0.717) is 23.9 Å². The molecule has 0 saturated carbocycles. The van der Waals surface area contributed by atoms with Crippen molar-refractivity contribution in [1.29, 1.82) is 0 Å². The molecule has 0 unspecified atom stereocenters. The molecule has 23 heavy (non-hydrogen) atoms. The van der Waals surface area contributed by atoms with Gasteiger partial charge in [0.1, 0.15) is 12.4 Å². The van der Waals surface area contributed by atoms with Crippen LogP contribution in [0.1, 0.15) is 6.92 Å². The van der Waals surface area contributed by atoms with E-state index in [1.807, 2.05) is 55.7 Å². The number of nitrogens with zero attached hydrogens (tertiary/aromatic N) is 2. The average molecular weight is 335 g/mol. The molecule has 1 aromatic carbocycles. The first-order valence-corrected chi connectivity index (χ1v) is 8.17. The van der Waals surface area contributed by atoms with Crippen molar-refractivity contribution < 1.29 is 4.74 Å². The van der Waals surface area contributed by atoms with Gasteiger partial charge in [0.15, 0.2) is 5.96 Å². The molecule has 0 bridgehead atoms. The van der Waals surface area contributed by atoms with E-state index in [2.05, 4.69) is 20.2 Å². The van der Waals surface area contributed by atoms with Crippen LogP contribution in [0.5, 0.6) is 5.75 Å². The summed E-state index contributed by atoms with van der Waals surface area (Å²) >= 11 is 6.05. The van der Waals surface area contributed by atoms with Crippen molar-refractivity contribution in [3.8, 4) is 5.75 Å². The molecule has 0 radical (unpaired) electrons. The van der Waals surface area contributed by atoms with Crippen LogP contribution < -0.4 is 15.4 Å². The van der Waals surface area contributed by atoms with Gasteiger partial charge in [-0.25, -0.2) is 0 Å². The van der Waals surface area contributed by atoms with E-state index in [1.54, 1.807) is 0 Å². The van der Waals surface area contributed by atoms with Crippen molar-refractivity contribution in [2.24, 2.45) is 4.99 Å². The number of guanidine groups is 1. The van der Waals surface area contributed by atoms with Gasteiger partial charge in [-0.05, 0) is 31.2 Å². The third-order valence-electron chi connectivity index (χ3n) is 3.13. The Morgan fingerprint density at radius 1 is 1.17 bits per heavy atom. The van der Waals surface area contributed by atoms with Gasteiger partial charge < -0.3 is 19.9 Å². The zero-order valence-corrected chi connectivity index (χ0v) is 14.1. The summed E-state index contributed by atoms with van der Waals surface area (Å²) in [5.41, 5.74) is 0. The maximum Gasteiger partial charge on any atom is 0.191 e. The Morgan fingerprint density at radius 2 is 1.96 bits per heavy atom. The Balaban J connectivity index is 1.72. The van der Waals surface area contributed by atoms with E-state index in [4.69, 9.17) is 16.3 Å². The molecule has 0 saturated heterocycles. The van der Waals surface area contributed by atoms with Crippen LogP contribution in [0.3, 0.4) is 0 Å². The van der Waals surface area contributed by atoms with Gasteiger partial charge in [-0.3, -0.25) is 4.99 Å². The normalized spacial score (nSPS) is 11.3.